The fourth-order valence-electron chi connectivity index (χ4n) is 2.02. The first kappa shape index (κ1) is 12.3. The lowest BCUT2D eigenvalue weighted by Gasteiger charge is -2.16. The molecule has 3 aromatic heterocycles. The lowest BCUT2D eigenvalue weighted by Crippen LogP contribution is -2.17. The molecule has 0 aliphatic carbocycles. The molecule has 0 saturated carbocycles. The van der Waals surface area contributed by atoms with Gasteiger partial charge in [-0.25, -0.2) is 0 Å². The maximum Gasteiger partial charge on any atom is 0.0809 e. The highest BCUT2D eigenvalue weighted by Gasteiger charge is 2.16. The number of nitrogens with one attached hydrogen (secondary N) is 1. The molecule has 0 aromatic carbocycles. The van der Waals surface area contributed by atoms with Crippen molar-refractivity contribution >= 4 is 48.8 Å². The number of hydrogen-bond donors (Lipinski definition) is 1. The van der Waals surface area contributed by atoms with Crippen molar-refractivity contribution in [1.29, 1.82) is 0 Å². The van der Waals surface area contributed by atoms with Crippen molar-refractivity contribution in [2.45, 2.75) is 6.04 Å². The average molecular weight is 339 g/mol. The summed E-state index contributed by atoms with van der Waals surface area (Å²) in [5.74, 6) is 0. The molecule has 92 valence electrons. The van der Waals surface area contributed by atoms with Crippen molar-refractivity contribution in [3.8, 4) is 0 Å². The predicted molar refractivity (Wildman–Crippen MR) is 82.5 cm³/mol. The Morgan fingerprint density at radius 1 is 1.39 bits per heavy atom. The zero-order valence-electron chi connectivity index (χ0n) is 9.68. The van der Waals surface area contributed by atoms with Crippen molar-refractivity contribution < 1.29 is 0 Å². The van der Waals surface area contributed by atoms with Gasteiger partial charge in [-0.05, 0) is 57.0 Å². The maximum absolute atomic E-state index is 4.51. The van der Waals surface area contributed by atoms with E-state index in [9.17, 15) is 0 Å². The Morgan fingerprint density at radius 2 is 2.28 bits per heavy atom. The second-order valence-electron chi connectivity index (χ2n) is 3.97. The van der Waals surface area contributed by atoms with Crippen LogP contribution in [-0.4, -0.2) is 12.0 Å². The van der Waals surface area contributed by atoms with E-state index >= 15 is 0 Å². The molecular formula is C13H11BrN2S2. The summed E-state index contributed by atoms with van der Waals surface area (Å²) in [6.07, 6.45) is 1.96. The van der Waals surface area contributed by atoms with Crippen LogP contribution in [0.2, 0.25) is 0 Å². The molecule has 1 unspecified atom stereocenters. The predicted octanol–water partition coefficient (Wildman–Crippen LogP) is 4.43. The molecule has 0 bridgehead atoms. The van der Waals surface area contributed by atoms with Gasteiger partial charge in [0, 0.05) is 16.0 Å². The standard InChI is InChI=1S/C13H11BrN2S2/c1-15-13(9-6-17-7-10(9)14)8-4-12-11(16-5-8)2-3-18-12/h2-7,13,15H,1H3. The Kier molecular flexibility index (Phi) is 3.48. The van der Waals surface area contributed by atoms with Crippen LogP contribution < -0.4 is 5.32 Å². The summed E-state index contributed by atoms with van der Waals surface area (Å²) in [7, 11) is 1.98. The number of nitrogens with zero attached hydrogens (tertiary/aromatic N) is 1. The van der Waals surface area contributed by atoms with Crippen LogP contribution >= 0.6 is 38.6 Å². The minimum atomic E-state index is 0.185. The summed E-state index contributed by atoms with van der Waals surface area (Å²) in [5.41, 5.74) is 3.54. The monoisotopic (exact) mass is 338 g/mol. The highest BCUT2D eigenvalue weighted by atomic mass is 79.9. The van der Waals surface area contributed by atoms with Crippen LogP contribution in [0.4, 0.5) is 0 Å². The normalized spacial score (nSPS) is 13.0. The topological polar surface area (TPSA) is 24.9 Å². The number of fused-ring (bicyclic) bond motifs is 1. The van der Waals surface area contributed by atoms with Crippen molar-refractivity contribution in [3.63, 3.8) is 0 Å². The third-order valence-electron chi connectivity index (χ3n) is 2.90. The van der Waals surface area contributed by atoms with Crippen LogP contribution in [0.25, 0.3) is 10.2 Å². The first-order valence-electron chi connectivity index (χ1n) is 5.51. The molecule has 0 saturated heterocycles. The lowest BCUT2D eigenvalue weighted by atomic mass is 10.0. The SMILES string of the molecule is CNC(c1cnc2ccsc2c1)c1cscc1Br. The van der Waals surface area contributed by atoms with Crippen LogP contribution in [0.3, 0.4) is 0 Å². The van der Waals surface area contributed by atoms with Gasteiger partial charge < -0.3 is 5.32 Å². The Hall–Kier alpha value is -0.750. The van der Waals surface area contributed by atoms with Crippen molar-refractivity contribution in [1.82, 2.24) is 10.3 Å². The zero-order chi connectivity index (χ0) is 12.5. The lowest BCUT2D eigenvalue weighted by molar-refractivity contribution is 0.690. The Balaban J connectivity index is 2.08. The fraction of sp³-hybridized carbons (Fsp3) is 0.154. The summed E-state index contributed by atoms with van der Waals surface area (Å²) in [6, 6.07) is 4.46. The van der Waals surface area contributed by atoms with E-state index in [1.54, 1.807) is 22.7 Å². The van der Waals surface area contributed by atoms with E-state index in [4.69, 9.17) is 0 Å². The Labute approximate surface area is 122 Å². The van der Waals surface area contributed by atoms with Crippen LogP contribution in [0.5, 0.6) is 0 Å². The molecule has 3 aromatic rings. The highest BCUT2D eigenvalue weighted by molar-refractivity contribution is 9.10. The molecule has 3 heterocycles. The molecule has 5 heteroatoms. The van der Waals surface area contributed by atoms with Gasteiger partial charge in [-0.1, -0.05) is 0 Å². The number of thiophene rings is 2. The summed E-state index contributed by atoms with van der Waals surface area (Å²) in [5, 5.41) is 9.72. The largest absolute Gasteiger partial charge is 0.309 e. The molecule has 2 nitrogen and oxygen atoms in total. The van der Waals surface area contributed by atoms with Crippen molar-refractivity contribution in [2.24, 2.45) is 0 Å². The first-order chi connectivity index (χ1) is 8.79. The van der Waals surface area contributed by atoms with E-state index < -0.39 is 0 Å². The molecule has 1 N–H and O–H groups in total. The minimum Gasteiger partial charge on any atom is -0.309 e. The number of rotatable bonds is 3. The van der Waals surface area contributed by atoms with E-state index in [2.05, 4.69) is 54.5 Å². The maximum atomic E-state index is 4.51. The van der Waals surface area contributed by atoms with Gasteiger partial charge in [-0.3, -0.25) is 4.98 Å². The minimum absolute atomic E-state index is 0.185. The van der Waals surface area contributed by atoms with Gasteiger partial charge >= 0.3 is 0 Å². The average Bonchev–Trinajstić information content (AvgIpc) is 2.99. The van der Waals surface area contributed by atoms with Gasteiger partial charge in [-0.2, -0.15) is 11.3 Å². The smallest absolute Gasteiger partial charge is 0.0809 e. The van der Waals surface area contributed by atoms with Crippen LogP contribution in [0, 0.1) is 0 Å². The second-order valence-corrected chi connectivity index (χ2v) is 6.51. The summed E-state index contributed by atoms with van der Waals surface area (Å²) < 4.78 is 2.39. The van der Waals surface area contributed by atoms with Gasteiger partial charge in [0.1, 0.15) is 0 Å². The van der Waals surface area contributed by atoms with Gasteiger partial charge in [0.05, 0.1) is 16.3 Å². The third-order valence-corrected chi connectivity index (χ3v) is 5.50. The van der Waals surface area contributed by atoms with E-state index in [-0.39, 0.29) is 6.04 Å². The van der Waals surface area contributed by atoms with E-state index in [0.717, 1.165) is 9.99 Å². The van der Waals surface area contributed by atoms with Crippen LogP contribution in [0.1, 0.15) is 17.2 Å². The van der Waals surface area contributed by atoms with Crippen LogP contribution in [0.15, 0.2) is 38.9 Å². The van der Waals surface area contributed by atoms with Gasteiger partial charge in [-0.15, -0.1) is 11.3 Å². The van der Waals surface area contributed by atoms with Gasteiger partial charge in [0.2, 0.25) is 0 Å². The molecular weight excluding hydrogens is 328 g/mol. The van der Waals surface area contributed by atoms with Crippen molar-refractivity contribution in [2.75, 3.05) is 7.05 Å². The number of aromatic nitrogens is 1. The molecule has 0 aliphatic heterocycles. The van der Waals surface area contributed by atoms with E-state index in [1.165, 1.54) is 15.8 Å². The van der Waals surface area contributed by atoms with Gasteiger partial charge in [0.25, 0.3) is 0 Å². The van der Waals surface area contributed by atoms with Gasteiger partial charge in [0.15, 0.2) is 0 Å². The molecule has 1 atom stereocenters. The van der Waals surface area contributed by atoms with Crippen molar-refractivity contribution in [3.05, 3.63) is 50.1 Å². The van der Waals surface area contributed by atoms with E-state index in [0.29, 0.717) is 0 Å². The summed E-state index contributed by atoms with van der Waals surface area (Å²) in [4.78, 5) is 4.51. The first-order valence-corrected chi connectivity index (χ1v) is 8.13. The molecule has 0 amide bonds. The Bertz CT molecular complexity index is 674. The third kappa shape index (κ3) is 2.12. The number of halogens is 1. The number of pyridine rings is 1. The van der Waals surface area contributed by atoms with Crippen LogP contribution in [-0.2, 0) is 0 Å². The highest BCUT2D eigenvalue weighted by Crippen LogP contribution is 2.32. The fourth-order valence-corrected chi connectivity index (χ4v) is 4.36. The summed E-state index contributed by atoms with van der Waals surface area (Å²) in [6.45, 7) is 0. The molecule has 18 heavy (non-hydrogen) atoms. The second kappa shape index (κ2) is 5.09. The molecule has 0 radical (unpaired) electrons. The number of hydrogen-bond acceptors (Lipinski definition) is 4. The Morgan fingerprint density at radius 3 is 3.00 bits per heavy atom. The van der Waals surface area contributed by atoms with E-state index in [1.807, 2.05) is 13.2 Å². The molecule has 0 aliphatic rings. The quantitative estimate of drug-likeness (QED) is 0.764. The molecule has 3 rings (SSSR count). The zero-order valence-corrected chi connectivity index (χ0v) is 12.9. The summed E-state index contributed by atoms with van der Waals surface area (Å²) >= 11 is 7.04. The molecule has 0 spiro atoms. The molecule has 0 fully saturated rings.